The van der Waals surface area contributed by atoms with Gasteiger partial charge in [-0.25, -0.2) is 4.79 Å². The van der Waals surface area contributed by atoms with E-state index in [4.69, 9.17) is 0 Å². The normalized spacial score (nSPS) is 10.5. The van der Waals surface area contributed by atoms with E-state index >= 15 is 0 Å². The minimum Gasteiger partial charge on any atom is -0.478 e. The van der Waals surface area contributed by atoms with Crippen molar-refractivity contribution in [2.75, 3.05) is 10.6 Å². The van der Waals surface area contributed by atoms with Gasteiger partial charge in [-0.1, -0.05) is 18.2 Å². The van der Waals surface area contributed by atoms with Crippen LogP contribution in [0.1, 0.15) is 38.3 Å². The zero-order chi connectivity index (χ0) is 20.3. The molecule has 2 amide bonds. The summed E-state index contributed by atoms with van der Waals surface area (Å²) in [6, 6.07) is 8.81. The van der Waals surface area contributed by atoms with Gasteiger partial charge in [0, 0.05) is 31.7 Å². The smallest absolute Gasteiger partial charge is 0.339 e. The molecule has 0 bridgehead atoms. The number of hydrogen-bond donors (Lipinski definition) is 3. The van der Waals surface area contributed by atoms with Crippen LogP contribution in [-0.4, -0.2) is 42.5 Å². The molecule has 10 heteroatoms. The van der Waals surface area contributed by atoms with Gasteiger partial charge in [-0.05, 0) is 19.1 Å². The fourth-order valence-electron chi connectivity index (χ4n) is 2.55. The highest BCUT2D eigenvalue weighted by molar-refractivity contribution is 6.13. The van der Waals surface area contributed by atoms with Crippen LogP contribution < -0.4 is 10.6 Å². The van der Waals surface area contributed by atoms with Crippen molar-refractivity contribution in [1.82, 2.24) is 19.6 Å². The molecule has 0 aliphatic carbocycles. The molecule has 3 aromatic rings. The summed E-state index contributed by atoms with van der Waals surface area (Å²) in [6.07, 6.45) is 2.73. The van der Waals surface area contributed by atoms with E-state index in [1.54, 1.807) is 24.3 Å². The maximum Gasteiger partial charge on any atom is 0.339 e. The Morgan fingerprint density at radius 1 is 1.00 bits per heavy atom. The Morgan fingerprint density at radius 3 is 2.32 bits per heavy atom. The molecule has 0 atom stereocenters. The first-order valence-corrected chi connectivity index (χ1v) is 8.41. The molecule has 3 rings (SSSR count). The maximum absolute atomic E-state index is 12.6. The third-order valence-corrected chi connectivity index (χ3v) is 3.85. The van der Waals surface area contributed by atoms with E-state index in [9.17, 15) is 19.5 Å². The van der Waals surface area contributed by atoms with E-state index < -0.39 is 17.8 Å². The lowest BCUT2D eigenvalue weighted by molar-refractivity contribution is 0.0692. The van der Waals surface area contributed by atoms with Gasteiger partial charge in [-0.2, -0.15) is 10.2 Å². The number of carboxylic acids is 1. The molecule has 1 aromatic carbocycles. The number of carbonyl (C=O) groups is 3. The number of aromatic carboxylic acids is 1. The lowest BCUT2D eigenvalue weighted by Crippen LogP contribution is -2.20. The number of carbonyl (C=O) groups excluding carboxylic acids is 2. The van der Waals surface area contributed by atoms with Crippen molar-refractivity contribution in [2.45, 2.75) is 13.5 Å². The third kappa shape index (κ3) is 3.90. The molecular weight excluding hydrogens is 364 g/mol. The second kappa shape index (κ2) is 7.74. The number of anilines is 2. The lowest BCUT2D eigenvalue weighted by Gasteiger charge is -2.06. The molecule has 0 radical (unpaired) electrons. The Morgan fingerprint density at radius 2 is 1.68 bits per heavy atom. The topological polar surface area (TPSA) is 131 Å². The first-order valence-electron chi connectivity index (χ1n) is 8.41. The number of para-hydroxylation sites is 1. The summed E-state index contributed by atoms with van der Waals surface area (Å²) in [4.78, 5) is 36.5. The molecule has 3 N–H and O–H groups in total. The Hall–Kier alpha value is -3.95. The van der Waals surface area contributed by atoms with Gasteiger partial charge < -0.3 is 15.7 Å². The molecule has 0 aliphatic rings. The van der Waals surface area contributed by atoms with Crippen LogP contribution in [0.2, 0.25) is 0 Å². The highest BCUT2D eigenvalue weighted by Gasteiger charge is 2.24. The molecule has 10 nitrogen and oxygen atoms in total. The molecule has 2 heterocycles. The van der Waals surface area contributed by atoms with E-state index in [0.29, 0.717) is 12.2 Å². The Kier molecular flexibility index (Phi) is 5.21. The highest BCUT2D eigenvalue weighted by Crippen LogP contribution is 2.18. The summed E-state index contributed by atoms with van der Waals surface area (Å²) in [5.41, 5.74) is 0.245. The van der Waals surface area contributed by atoms with E-state index in [0.717, 1.165) is 0 Å². The average Bonchev–Trinajstić information content (AvgIpc) is 3.26. The first kappa shape index (κ1) is 18.8. The standard InChI is InChI=1S/C18H18N6O4/c1-3-24-10-13(15(22-24)17(26)19-11-7-5-4-6-8-11)20-16(25)14-12(18(27)28)9-23(2)21-14/h4-10H,3H2,1-2H3,(H,19,26)(H,20,25)(H,27,28). The fraction of sp³-hybridized carbons (Fsp3) is 0.167. The SMILES string of the molecule is CCn1cc(NC(=O)c2nn(C)cc2C(=O)O)c(C(=O)Nc2ccccc2)n1. The largest absolute Gasteiger partial charge is 0.478 e. The summed E-state index contributed by atoms with van der Waals surface area (Å²) in [5, 5.41) is 22.5. The number of rotatable bonds is 6. The summed E-state index contributed by atoms with van der Waals surface area (Å²) >= 11 is 0. The Bertz CT molecular complexity index is 1040. The minimum absolute atomic E-state index is 0.00635. The van der Waals surface area contributed by atoms with Crippen LogP contribution in [0.5, 0.6) is 0 Å². The van der Waals surface area contributed by atoms with Crippen molar-refractivity contribution in [1.29, 1.82) is 0 Å². The number of aromatic nitrogens is 4. The van der Waals surface area contributed by atoms with Crippen molar-refractivity contribution in [3.63, 3.8) is 0 Å². The first-order chi connectivity index (χ1) is 13.4. The highest BCUT2D eigenvalue weighted by atomic mass is 16.4. The number of nitrogens with one attached hydrogen (secondary N) is 2. The van der Waals surface area contributed by atoms with Crippen LogP contribution in [0.3, 0.4) is 0 Å². The van der Waals surface area contributed by atoms with Gasteiger partial charge in [-0.15, -0.1) is 0 Å². The van der Waals surface area contributed by atoms with Crippen LogP contribution in [0, 0.1) is 0 Å². The molecule has 28 heavy (non-hydrogen) atoms. The summed E-state index contributed by atoms with van der Waals surface area (Å²) < 4.78 is 2.73. The zero-order valence-electron chi connectivity index (χ0n) is 15.2. The summed E-state index contributed by atoms with van der Waals surface area (Å²) in [6.45, 7) is 2.31. The Balaban J connectivity index is 1.88. The average molecular weight is 382 g/mol. The van der Waals surface area contributed by atoms with Gasteiger partial charge in [-0.3, -0.25) is 19.0 Å². The number of amides is 2. The maximum atomic E-state index is 12.6. The monoisotopic (exact) mass is 382 g/mol. The second-order valence-electron chi connectivity index (χ2n) is 5.89. The van der Waals surface area contributed by atoms with Gasteiger partial charge in [0.25, 0.3) is 11.8 Å². The van der Waals surface area contributed by atoms with Gasteiger partial charge in [0.05, 0.1) is 5.69 Å². The van der Waals surface area contributed by atoms with Crippen LogP contribution in [-0.2, 0) is 13.6 Å². The number of aryl methyl sites for hydroxylation is 2. The lowest BCUT2D eigenvalue weighted by atomic mass is 10.2. The van der Waals surface area contributed by atoms with Gasteiger partial charge >= 0.3 is 5.97 Å². The predicted octanol–water partition coefficient (Wildman–Crippen LogP) is 1.84. The number of nitrogens with zero attached hydrogens (tertiary/aromatic N) is 4. The molecule has 2 aromatic heterocycles. The van der Waals surface area contributed by atoms with Crippen LogP contribution in [0.4, 0.5) is 11.4 Å². The van der Waals surface area contributed by atoms with Crippen LogP contribution in [0.15, 0.2) is 42.7 Å². The van der Waals surface area contributed by atoms with Crippen LogP contribution >= 0.6 is 0 Å². The molecule has 0 saturated heterocycles. The molecule has 144 valence electrons. The van der Waals surface area contributed by atoms with Gasteiger partial charge in [0.1, 0.15) is 5.56 Å². The number of hydrogen-bond acceptors (Lipinski definition) is 5. The van der Waals surface area contributed by atoms with Crippen molar-refractivity contribution in [2.24, 2.45) is 7.05 Å². The van der Waals surface area contributed by atoms with Crippen molar-refractivity contribution < 1.29 is 19.5 Å². The summed E-state index contributed by atoms with van der Waals surface area (Å²) in [7, 11) is 1.51. The van der Waals surface area contributed by atoms with Gasteiger partial charge in [0.15, 0.2) is 11.4 Å². The zero-order valence-corrected chi connectivity index (χ0v) is 15.2. The quantitative estimate of drug-likeness (QED) is 0.596. The molecule has 0 fully saturated rings. The third-order valence-electron chi connectivity index (χ3n) is 3.85. The van der Waals surface area contributed by atoms with Crippen LogP contribution in [0.25, 0.3) is 0 Å². The van der Waals surface area contributed by atoms with Crippen molar-refractivity contribution in [3.8, 4) is 0 Å². The molecule has 0 saturated carbocycles. The van der Waals surface area contributed by atoms with Gasteiger partial charge in [0.2, 0.25) is 0 Å². The molecule has 0 spiro atoms. The van der Waals surface area contributed by atoms with E-state index in [2.05, 4.69) is 20.8 Å². The number of benzene rings is 1. The van der Waals surface area contributed by atoms with E-state index in [-0.39, 0.29) is 22.6 Å². The molecule has 0 aliphatic heterocycles. The summed E-state index contributed by atoms with van der Waals surface area (Å²) in [5.74, 6) is -2.53. The minimum atomic E-state index is -1.27. The van der Waals surface area contributed by atoms with E-state index in [1.807, 2.05) is 13.0 Å². The fourth-order valence-corrected chi connectivity index (χ4v) is 2.55. The molecular formula is C18H18N6O4. The second-order valence-corrected chi connectivity index (χ2v) is 5.89. The van der Waals surface area contributed by atoms with Crippen molar-refractivity contribution in [3.05, 3.63) is 59.7 Å². The predicted molar refractivity (Wildman–Crippen MR) is 100 cm³/mol. The Labute approximate surface area is 159 Å². The van der Waals surface area contributed by atoms with Crippen molar-refractivity contribution >= 4 is 29.2 Å². The van der Waals surface area contributed by atoms with E-state index in [1.165, 1.54) is 28.8 Å². The molecule has 0 unspecified atom stereocenters. The number of carboxylic acid groups (broad SMARTS) is 1.